The molecule has 0 aliphatic carbocycles. The fourth-order valence-electron chi connectivity index (χ4n) is 2.82. The Hall–Kier alpha value is -2.41. The SMILES string of the molecule is Cc1nc(-c2cccc(CNC(=O)N3CCC(C)C(O)C3)c2)n[nH]1. The molecule has 0 bridgehead atoms. The number of nitrogens with one attached hydrogen (secondary N) is 2. The molecule has 24 heavy (non-hydrogen) atoms. The molecule has 0 spiro atoms. The molecular weight excluding hydrogens is 306 g/mol. The van der Waals surface area contributed by atoms with E-state index in [-0.39, 0.29) is 11.9 Å². The van der Waals surface area contributed by atoms with Crippen LogP contribution in [0.2, 0.25) is 0 Å². The molecule has 0 radical (unpaired) electrons. The fourth-order valence-corrected chi connectivity index (χ4v) is 2.82. The van der Waals surface area contributed by atoms with Crippen LogP contribution in [-0.4, -0.2) is 50.4 Å². The number of carbonyl (C=O) groups excluding carboxylic acids is 1. The van der Waals surface area contributed by atoms with Crippen LogP contribution in [0.4, 0.5) is 4.79 Å². The lowest BCUT2D eigenvalue weighted by Crippen LogP contribution is -2.49. The molecule has 7 heteroatoms. The van der Waals surface area contributed by atoms with Gasteiger partial charge in [-0.05, 0) is 30.9 Å². The van der Waals surface area contributed by atoms with E-state index in [1.54, 1.807) is 4.90 Å². The topological polar surface area (TPSA) is 94.1 Å². The summed E-state index contributed by atoms with van der Waals surface area (Å²) < 4.78 is 0. The number of aromatic amines is 1. The fraction of sp³-hybridized carbons (Fsp3) is 0.471. The minimum absolute atomic E-state index is 0.139. The number of aryl methyl sites for hydroxylation is 1. The summed E-state index contributed by atoms with van der Waals surface area (Å²) in [6.45, 7) is 5.37. The monoisotopic (exact) mass is 329 g/mol. The maximum absolute atomic E-state index is 12.3. The first-order chi connectivity index (χ1) is 11.5. The highest BCUT2D eigenvalue weighted by Crippen LogP contribution is 2.18. The van der Waals surface area contributed by atoms with Gasteiger partial charge < -0.3 is 15.3 Å². The van der Waals surface area contributed by atoms with Crippen LogP contribution in [0.3, 0.4) is 0 Å². The molecule has 1 aromatic carbocycles. The van der Waals surface area contributed by atoms with Gasteiger partial charge in [-0.1, -0.05) is 25.1 Å². The molecule has 1 saturated heterocycles. The molecule has 2 unspecified atom stereocenters. The minimum atomic E-state index is -0.443. The standard InChI is InChI=1S/C17H23N5O2/c1-11-6-7-22(10-15(11)23)17(24)18-9-13-4-3-5-14(8-13)16-19-12(2)20-21-16/h3-5,8,11,15,23H,6-7,9-10H2,1-2H3,(H,18,24)(H,19,20,21). The molecule has 3 N–H and O–H groups in total. The number of piperidine rings is 1. The first-order valence-electron chi connectivity index (χ1n) is 8.22. The zero-order chi connectivity index (χ0) is 17.1. The van der Waals surface area contributed by atoms with Crippen molar-refractivity contribution in [3.05, 3.63) is 35.7 Å². The zero-order valence-corrected chi connectivity index (χ0v) is 14.0. The van der Waals surface area contributed by atoms with Crippen LogP contribution >= 0.6 is 0 Å². The number of amides is 2. The summed E-state index contributed by atoms with van der Waals surface area (Å²) >= 11 is 0. The Morgan fingerprint density at radius 1 is 1.50 bits per heavy atom. The number of H-pyrrole nitrogens is 1. The van der Waals surface area contributed by atoms with E-state index < -0.39 is 6.10 Å². The van der Waals surface area contributed by atoms with Crippen LogP contribution in [0.15, 0.2) is 24.3 Å². The predicted octanol–water partition coefficient (Wildman–Crippen LogP) is 1.69. The number of nitrogens with zero attached hydrogens (tertiary/aromatic N) is 3. The van der Waals surface area contributed by atoms with Gasteiger partial charge in [0.25, 0.3) is 0 Å². The summed E-state index contributed by atoms with van der Waals surface area (Å²) in [5.74, 6) is 1.66. The number of hydrogen-bond acceptors (Lipinski definition) is 4. The van der Waals surface area contributed by atoms with Crippen molar-refractivity contribution in [1.29, 1.82) is 0 Å². The molecule has 2 aromatic rings. The summed E-state index contributed by atoms with van der Waals surface area (Å²) in [5, 5.41) is 19.8. The first kappa shape index (κ1) is 16.4. The van der Waals surface area contributed by atoms with Gasteiger partial charge in [-0.25, -0.2) is 9.78 Å². The quantitative estimate of drug-likeness (QED) is 0.799. The van der Waals surface area contributed by atoms with Gasteiger partial charge in [0.2, 0.25) is 0 Å². The second kappa shape index (κ2) is 7.00. The number of aromatic nitrogens is 3. The molecule has 1 aromatic heterocycles. The zero-order valence-electron chi connectivity index (χ0n) is 14.0. The third-order valence-corrected chi connectivity index (χ3v) is 4.43. The lowest BCUT2D eigenvalue weighted by molar-refractivity contribution is 0.0435. The highest BCUT2D eigenvalue weighted by molar-refractivity contribution is 5.74. The number of likely N-dealkylation sites (tertiary alicyclic amines) is 1. The van der Waals surface area contributed by atoms with E-state index in [9.17, 15) is 9.90 Å². The van der Waals surface area contributed by atoms with E-state index in [1.165, 1.54) is 0 Å². The van der Waals surface area contributed by atoms with Crippen LogP contribution in [0.5, 0.6) is 0 Å². The maximum Gasteiger partial charge on any atom is 0.317 e. The molecule has 2 atom stereocenters. The van der Waals surface area contributed by atoms with Crippen LogP contribution in [0.25, 0.3) is 11.4 Å². The highest BCUT2D eigenvalue weighted by Gasteiger charge is 2.27. The van der Waals surface area contributed by atoms with Crippen LogP contribution in [0, 0.1) is 12.8 Å². The van der Waals surface area contributed by atoms with Gasteiger partial charge in [0.05, 0.1) is 6.10 Å². The van der Waals surface area contributed by atoms with Crippen LogP contribution < -0.4 is 5.32 Å². The summed E-state index contributed by atoms with van der Waals surface area (Å²) in [7, 11) is 0. The highest BCUT2D eigenvalue weighted by atomic mass is 16.3. The number of carbonyl (C=O) groups is 1. The first-order valence-corrected chi connectivity index (χ1v) is 8.22. The normalized spacial score (nSPS) is 20.9. The van der Waals surface area contributed by atoms with Gasteiger partial charge in [0.1, 0.15) is 5.82 Å². The Morgan fingerprint density at radius 3 is 3.04 bits per heavy atom. The van der Waals surface area contributed by atoms with E-state index in [0.717, 1.165) is 23.4 Å². The number of urea groups is 1. The molecule has 7 nitrogen and oxygen atoms in total. The lowest BCUT2D eigenvalue weighted by Gasteiger charge is -2.34. The Labute approximate surface area is 141 Å². The summed E-state index contributed by atoms with van der Waals surface area (Å²) in [5.41, 5.74) is 1.89. The van der Waals surface area contributed by atoms with E-state index >= 15 is 0 Å². The van der Waals surface area contributed by atoms with Gasteiger partial charge in [-0.3, -0.25) is 5.10 Å². The van der Waals surface area contributed by atoms with E-state index in [1.807, 2.05) is 38.1 Å². The van der Waals surface area contributed by atoms with Gasteiger partial charge in [-0.2, -0.15) is 5.10 Å². The smallest absolute Gasteiger partial charge is 0.317 e. The molecule has 1 aliphatic heterocycles. The predicted molar refractivity (Wildman–Crippen MR) is 90.2 cm³/mol. The average Bonchev–Trinajstić information content (AvgIpc) is 3.02. The summed E-state index contributed by atoms with van der Waals surface area (Å²) in [6.07, 6.45) is 0.385. The van der Waals surface area contributed by atoms with Crippen molar-refractivity contribution >= 4 is 6.03 Å². The second-order valence-electron chi connectivity index (χ2n) is 6.38. The maximum atomic E-state index is 12.3. The van der Waals surface area contributed by atoms with E-state index in [2.05, 4.69) is 20.5 Å². The number of hydrogen-bond donors (Lipinski definition) is 3. The van der Waals surface area contributed by atoms with Crippen molar-refractivity contribution in [2.24, 2.45) is 5.92 Å². The second-order valence-corrected chi connectivity index (χ2v) is 6.38. The van der Waals surface area contributed by atoms with Crippen molar-refractivity contribution in [3.63, 3.8) is 0 Å². The Morgan fingerprint density at radius 2 is 2.33 bits per heavy atom. The number of aliphatic hydroxyl groups excluding tert-OH is 1. The van der Waals surface area contributed by atoms with E-state index in [4.69, 9.17) is 0 Å². The van der Waals surface area contributed by atoms with Crippen molar-refractivity contribution in [2.45, 2.75) is 32.9 Å². The Bertz CT molecular complexity index is 715. The average molecular weight is 329 g/mol. The summed E-state index contributed by atoms with van der Waals surface area (Å²) in [4.78, 5) is 18.2. The number of β-amino-alcohol motifs (C(OH)–C–C–N with tert-alkyl or cyclic N) is 1. The molecule has 128 valence electrons. The number of rotatable bonds is 3. The van der Waals surface area contributed by atoms with Gasteiger partial charge >= 0.3 is 6.03 Å². The van der Waals surface area contributed by atoms with Crippen LogP contribution in [0.1, 0.15) is 24.7 Å². The van der Waals surface area contributed by atoms with Crippen molar-refractivity contribution < 1.29 is 9.90 Å². The molecule has 2 amide bonds. The Balaban J connectivity index is 1.59. The van der Waals surface area contributed by atoms with Gasteiger partial charge in [-0.15, -0.1) is 0 Å². The summed E-state index contributed by atoms with van der Waals surface area (Å²) in [6, 6.07) is 7.65. The Kier molecular flexibility index (Phi) is 4.80. The largest absolute Gasteiger partial charge is 0.391 e. The molecule has 0 saturated carbocycles. The molecule has 1 fully saturated rings. The molecule has 2 heterocycles. The van der Waals surface area contributed by atoms with E-state index in [0.29, 0.717) is 25.5 Å². The molecule has 3 rings (SSSR count). The van der Waals surface area contributed by atoms with Gasteiger partial charge in [0.15, 0.2) is 5.82 Å². The third-order valence-electron chi connectivity index (χ3n) is 4.43. The van der Waals surface area contributed by atoms with Crippen molar-refractivity contribution in [1.82, 2.24) is 25.4 Å². The van der Waals surface area contributed by atoms with Crippen LogP contribution in [-0.2, 0) is 6.54 Å². The number of aliphatic hydroxyl groups is 1. The van der Waals surface area contributed by atoms with Gasteiger partial charge in [0, 0.05) is 25.2 Å². The lowest BCUT2D eigenvalue weighted by atomic mass is 9.96. The molecule has 1 aliphatic rings. The number of benzene rings is 1. The van der Waals surface area contributed by atoms with Crippen molar-refractivity contribution in [3.8, 4) is 11.4 Å². The minimum Gasteiger partial charge on any atom is -0.391 e. The third kappa shape index (κ3) is 3.73. The molecular formula is C17H23N5O2. The van der Waals surface area contributed by atoms with Crippen molar-refractivity contribution in [2.75, 3.05) is 13.1 Å².